The largest absolute Gasteiger partial charge is 0.491 e. The van der Waals surface area contributed by atoms with E-state index in [0.717, 1.165) is 21.5 Å². The highest BCUT2D eigenvalue weighted by Crippen LogP contribution is 2.19. The quantitative estimate of drug-likeness (QED) is 0.626. The number of hydrogen-bond donors (Lipinski definition) is 1. The third kappa shape index (κ3) is 4.78. The van der Waals surface area contributed by atoms with Crippen LogP contribution in [-0.2, 0) is 11.3 Å². The van der Waals surface area contributed by atoms with Gasteiger partial charge >= 0.3 is 0 Å². The Morgan fingerprint density at radius 3 is 3.00 bits per heavy atom. The van der Waals surface area contributed by atoms with Crippen molar-refractivity contribution in [3.8, 4) is 5.75 Å². The van der Waals surface area contributed by atoms with Crippen LogP contribution in [-0.4, -0.2) is 30.7 Å². The Labute approximate surface area is 150 Å². The SMILES string of the molecule is CCOCCOc1cccc(CNC(=O)c2ccc3ncsc3c2)c1. The zero-order valence-corrected chi connectivity index (χ0v) is 14.8. The molecule has 0 aliphatic carbocycles. The molecule has 0 atom stereocenters. The van der Waals surface area contributed by atoms with Gasteiger partial charge in [-0.15, -0.1) is 11.3 Å². The third-order valence-electron chi connectivity index (χ3n) is 3.65. The minimum Gasteiger partial charge on any atom is -0.491 e. The molecule has 0 unspecified atom stereocenters. The second kappa shape index (κ2) is 8.60. The number of aromatic nitrogens is 1. The highest BCUT2D eigenvalue weighted by Gasteiger charge is 2.07. The van der Waals surface area contributed by atoms with Crippen molar-refractivity contribution in [1.29, 1.82) is 0 Å². The molecule has 0 radical (unpaired) electrons. The second-order valence-electron chi connectivity index (χ2n) is 5.41. The number of nitrogens with zero attached hydrogens (tertiary/aromatic N) is 1. The van der Waals surface area contributed by atoms with E-state index in [4.69, 9.17) is 9.47 Å². The maximum Gasteiger partial charge on any atom is 0.251 e. The summed E-state index contributed by atoms with van der Waals surface area (Å²) in [5.41, 5.74) is 4.32. The molecule has 1 N–H and O–H groups in total. The summed E-state index contributed by atoms with van der Waals surface area (Å²) in [5, 5.41) is 2.94. The number of amides is 1. The smallest absolute Gasteiger partial charge is 0.251 e. The van der Waals surface area contributed by atoms with Gasteiger partial charge in [0.25, 0.3) is 5.91 Å². The van der Waals surface area contributed by atoms with Crippen molar-refractivity contribution >= 4 is 27.5 Å². The van der Waals surface area contributed by atoms with Gasteiger partial charge in [-0.25, -0.2) is 4.98 Å². The van der Waals surface area contributed by atoms with Crippen LogP contribution in [0.5, 0.6) is 5.75 Å². The summed E-state index contributed by atoms with van der Waals surface area (Å²) in [6.07, 6.45) is 0. The van der Waals surface area contributed by atoms with Crippen LogP contribution in [0.4, 0.5) is 0 Å². The standard InChI is InChI=1S/C19H20N2O3S/c1-2-23-8-9-24-16-5-3-4-14(10-16)12-20-19(22)15-6-7-17-18(11-15)25-13-21-17/h3-7,10-11,13H,2,8-9,12H2,1H3,(H,20,22). The highest BCUT2D eigenvalue weighted by molar-refractivity contribution is 7.16. The average Bonchev–Trinajstić information content (AvgIpc) is 3.11. The van der Waals surface area contributed by atoms with Crippen molar-refractivity contribution in [3.63, 3.8) is 0 Å². The van der Waals surface area contributed by atoms with Crippen molar-refractivity contribution in [2.24, 2.45) is 0 Å². The lowest BCUT2D eigenvalue weighted by atomic mass is 10.2. The Kier molecular flexibility index (Phi) is 5.98. The lowest BCUT2D eigenvalue weighted by molar-refractivity contribution is 0.0951. The van der Waals surface area contributed by atoms with E-state index in [9.17, 15) is 4.79 Å². The minimum atomic E-state index is -0.0991. The summed E-state index contributed by atoms with van der Waals surface area (Å²) in [6, 6.07) is 13.2. The third-order valence-corrected chi connectivity index (χ3v) is 4.44. The molecule has 1 amide bonds. The predicted molar refractivity (Wildman–Crippen MR) is 99.2 cm³/mol. The molecule has 3 rings (SSSR count). The van der Waals surface area contributed by atoms with Crippen LogP contribution < -0.4 is 10.1 Å². The second-order valence-corrected chi connectivity index (χ2v) is 6.30. The minimum absolute atomic E-state index is 0.0991. The monoisotopic (exact) mass is 356 g/mol. The summed E-state index contributed by atoms with van der Waals surface area (Å²) >= 11 is 1.53. The number of hydrogen-bond acceptors (Lipinski definition) is 5. The van der Waals surface area contributed by atoms with Gasteiger partial charge in [-0.05, 0) is 42.8 Å². The van der Waals surface area contributed by atoms with Gasteiger partial charge in [0.05, 0.1) is 22.3 Å². The number of carbonyl (C=O) groups excluding carboxylic acids is 1. The number of benzene rings is 2. The number of fused-ring (bicyclic) bond motifs is 1. The molecule has 0 aliphatic heterocycles. The molecule has 0 saturated carbocycles. The molecule has 1 aromatic heterocycles. The van der Waals surface area contributed by atoms with Crippen molar-refractivity contribution in [1.82, 2.24) is 10.3 Å². The van der Waals surface area contributed by atoms with E-state index in [-0.39, 0.29) is 5.91 Å². The molecule has 0 bridgehead atoms. The fraction of sp³-hybridized carbons (Fsp3) is 0.263. The normalized spacial score (nSPS) is 10.8. The first-order valence-corrected chi connectivity index (χ1v) is 9.05. The van der Waals surface area contributed by atoms with Gasteiger partial charge in [-0.2, -0.15) is 0 Å². The van der Waals surface area contributed by atoms with Crippen LogP contribution in [0.2, 0.25) is 0 Å². The van der Waals surface area contributed by atoms with E-state index in [1.165, 1.54) is 11.3 Å². The number of thiazole rings is 1. The first kappa shape index (κ1) is 17.4. The van der Waals surface area contributed by atoms with Crippen LogP contribution in [0, 0.1) is 0 Å². The number of ether oxygens (including phenoxy) is 2. The molecule has 0 fully saturated rings. The summed E-state index contributed by atoms with van der Waals surface area (Å²) in [5.74, 6) is 0.676. The Morgan fingerprint density at radius 2 is 2.12 bits per heavy atom. The van der Waals surface area contributed by atoms with Crippen LogP contribution in [0.3, 0.4) is 0 Å². The zero-order valence-electron chi connectivity index (χ0n) is 14.0. The number of carbonyl (C=O) groups is 1. The molecular weight excluding hydrogens is 336 g/mol. The van der Waals surface area contributed by atoms with Gasteiger partial charge < -0.3 is 14.8 Å². The Morgan fingerprint density at radius 1 is 1.20 bits per heavy atom. The van der Waals surface area contributed by atoms with E-state index >= 15 is 0 Å². The molecule has 130 valence electrons. The molecule has 0 aliphatic rings. The average molecular weight is 356 g/mol. The highest BCUT2D eigenvalue weighted by atomic mass is 32.1. The zero-order chi connectivity index (χ0) is 17.5. The first-order chi connectivity index (χ1) is 12.3. The molecule has 0 spiro atoms. The maximum absolute atomic E-state index is 12.3. The molecule has 1 heterocycles. The summed E-state index contributed by atoms with van der Waals surface area (Å²) < 4.78 is 11.9. The summed E-state index contributed by atoms with van der Waals surface area (Å²) in [7, 11) is 0. The topological polar surface area (TPSA) is 60.5 Å². The molecule has 0 saturated heterocycles. The van der Waals surface area contributed by atoms with Crippen molar-refractivity contribution < 1.29 is 14.3 Å². The maximum atomic E-state index is 12.3. The van der Waals surface area contributed by atoms with Crippen molar-refractivity contribution in [2.75, 3.05) is 19.8 Å². The van der Waals surface area contributed by atoms with Crippen LogP contribution >= 0.6 is 11.3 Å². The van der Waals surface area contributed by atoms with Crippen LogP contribution in [0.25, 0.3) is 10.2 Å². The fourth-order valence-corrected chi connectivity index (χ4v) is 3.11. The first-order valence-electron chi connectivity index (χ1n) is 8.17. The van der Waals surface area contributed by atoms with Gasteiger partial charge in [-0.1, -0.05) is 12.1 Å². The van der Waals surface area contributed by atoms with E-state index in [0.29, 0.717) is 31.9 Å². The van der Waals surface area contributed by atoms with Crippen molar-refractivity contribution in [3.05, 3.63) is 59.1 Å². The predicted octanol–water partition coefficient (Wildman–Crippen LogP) is 3.64. The lowest BCUT2D eigenvalue weighted by Gasteiger charge is -2.09. The fourth-order valence-electron chi connectivity index (χ4n) is 2.39. The van der Waals surface area contributed by atoms with E-state index < -0.39 is 0 Å². The molecule has 6 heteroatoms. The molecular formula is C19H20N2O3S. The Balaban J connectivity index is 1.56. The summed E-state index contributed by atoms with van der Waals surface area (Å²) in [6.45, 7) is 4.16. The molecule has 3 aromatic rings. The Bertz CT molecular complexity index is 847. The van der Waals surface area contributed by atoms with E-state index in [1.807, 2.05) is 43.3 Å². The van der Waals surface area contributed by atoms with Crippen LogP contribution in [0.1, 0.15) is 22.8 Å². The van der Waals surface area contributed by atoms with E-state index in [1.54, 1.807) is 11.6 Å². The Hall–Kier alpha value is -2.44. The van der Waals surface area contributed by atoms with Crippen molar-refractivity contribution in [2.45, 2.75) is 13.5 Å². The lowest BCUT2D eigenvalue weighted by Crippen LogP contribution is -2.22. The van der Waals surface area contributed by atoms with Gasteiger partial charge in [0.15, 0.2) is 0 Å². The van der Waals surface area contributed by atoms with Gasteiger partial charge in [-0.3, -0.25) is 4.79 Å². The molecule has 2 aromatic carbocycles. The van der Waals surface area contributed by atoms with Crippen LogP contribution in [0.15, 0.2) is 48.0 Å². The molecule has 5 nitrogen and oxygen atoms in total. The van der Waals surface area contributed by atoms with E-state index in [2.05, 4.69) is 10.3 Å². The number of rotatable bonds is 8. The number of nitrogens with one attached hydrogen (secondary N) is 1. The van der Waals surface area contributed by atoms with Gasteiger partial charge in [0, 0.05) is 18.7 Å². The molecule has 25 heavy (non-hydrogen) atoms. The summed E-state index contributed by atoms with van der Waals surface area (Å²) in [4.78, 5) is 16.6. The van der Waals surface area contributed by atoms with Gasteiger partial charge in [0.2, 0.25) is 0 Å². The van der Waals surface area contributed by atoms with Gasteiger partial charge in [0.1, 0.15) is 12.4 Å².